The molecular weight excluding hydrogens is 316 g/mol. The van der Waals surface area contributed by atoms with Gasteiger partial charge in [0.2, 0.25) is 0 Å². The highest BCUT2D eigenvalue weighted by molar-refractivity contribution is 5.72. The van der Waals surface area contributed by atoms with E-state index in [-0.39, 0.29) is 19.3 Å². The first kappa shape index (κ1) is 24.1. The summed E-state index contributed by atoms with van der Waals surface area (Å²) in [5, 5.41) is 60.8. The van der Waals surface area contributed by atoms with Gasteiger partial charge in [-0.3, -0.25) is 4.79 Å². The Kier molecular flexibility index (Phi) is 13.9. The number of aldehydes is 1. The van der Waals surface area contributed by atoms with Crippen LogP contribution in [0.25, 0.3) is 0 Å². The maximum absolute atomic E-state index is 10.2. The van der Waals surface area contributed by atoms with Crippen LogP contribution in [0.5, 0.6) is 0 Å². The fraction of sp³-hybridized carbons (Fsp3) is 0.833. The molecule has 138 valence electrons. The van der Waals surface area contributed by atoms with Gasteiger partial charge in [-0.05, 0) is 12.8 Å². The molecule has 11 heteroatoms. The molecular formula is C12H26N2O9. The van der Waals surface area contributed by atoms with Gasteiger partial charge in [0.1, 0.15) is 30.5 Å². The quantitative estimate of drug-likeness (QED) is 0.171. The molecule has 0 rings (SSSR count). The summed E-state index contributed by atoms with van der Waals surface area (Å²) in [5.41, 5.74) is 10.3. The number of carboxylic acids is 1. The number of aliphatic hydroxyl groups is 6. The number of carboxylic acid groups (broad SMARTS) is 1. The second-order valence-corrected chi connectivity index (χ2v) is 4.77. The number of carbonyl (C=O) groups excluding carboxylic acids is 1. The molecule has 0 aromatic carbocycles. The van der Waals surface area contributed by atoms with Crippen LogP contribution in [0, 0.1) is 0 Å². The van der Waals surface area contributed by atoms with Gasteiger partial charge in [-0.2, -0.15) is 0 Å². The van der Waals surface area contributed by atoms with Gasteiger partial charge in [0.05, 0.1) is 12.7 Å². The number of hydrogen-bond donors (Lipinski definition) is 9. The van der Waals surface area contributed by atoms with Gasteiger partial charge in [0.15, 0.2) is 6.29 Å². The molecule has 6 atom stereocenters. The normalized spacial score (nSPS) is 18.6. The molecule has 11 nitrogen and oxygen atoms in total. The van der Waals surface area contributed by atoms with Crippen LogP contribution in [0.4, 0.5) is 0 Å². The van der Waals surface area contributed by atoms with Crippen LogP contribution in [-0.4, -0.2) is 97.7 Å². The monoisotopic (exact) mass is 342 g/mol. The molecule has 0 radical (unpaired) electrons. The number of carbonyl (C=O) groups is 2. The Bertz CT molecular complexity index is 332. The van der Waals surface area contributed by atoms with E-state index in [2.05, 4.69) is 0 Å². The molecule has 0 aromatic heterocycles. The van der Waals surface area contributed by atoms with Gasteiger partial charge >= 0.3 is 5.97 Å². The van der Waals surface area contributed by atoms with Crippen LogP contribution in [0.15, 0.2) is 0 Å². The van der Waals surface area contributed by atoms with Crippen molar-refractivity contribution >= 4 is 12.3 Å². The Labute approximate surface area is 132 Å². The first-order valence-corrected chi connectivity index (χ1v) is 6.77. The van der Waals surface area contributed by atoms with Crippen LogP contribution < -0.4 is 11.5 Å². The van der Waals surface area contributed by atoms with Crippen molar-refractivity contribution in [1.29, 1.82) is 0 Å². The summed E-state index contributed by atoms with van der Waals surface area (Å²) >= 11 is 0. The van der Waals surface area contributed by atoms with Gasteiger partial charge in [-0.15, -0.1) is 0 Å². The lowest BCUT2D eigenvalue weighted by molar-refractivity contribution is -0.138. The molecule has 0 saturated heterocycles. The number of nitrogens with two attached hydrogens (primary N) is 2. The highest BCUT2D eigenvalue weighted by Gasteiger charge is 2.29. The molecule has 0 bridgehead atoms. The third kappa shape index (κ3) is 11.1. The van der Waals surface area contributed by atoms with E-state index in [1.165, 1.54) is 0 Å². The smallest absolute Gasteiger partial charge is 0.320 e. The molecule has 0 amide bonds. The van der Waals surface area contributed by atoms with Gasteiger partial charge in [-0.1, -0.05) is 0 Å². The van der Waals surface area contributed by atoms with Crippen molar-refractivity contribution in [3.8, 4) is 0 Å². The molecule has 0 aliphatic rings. The molecule has 0 aliphatic heterocycles. The van der Waals surface area contributed by atoms with Crippen molar-refractivity contribution in [3.63, 3.8) is 0 Å². The molecule has 6 unspecified atom stereocenters. The van der Waals surface area contributed by atoms with Crippen LogP contribution in [0.1, 0.15) is 12.8 Å². The minimum atomic E-state index is -1.79. The number of hydrogen-bond acceptors (Lipinski definition) is 10. The van der Waals surface area contributed by atoms with Gasteiger partial charge < -0.3 is 52.0 Å². The van der Waals surface area contributed by atoms with Crippen molar-refractivity contribution in [2.24, 2.45) is 11.5 Å². The second-order valence-electron chi connectivity index (χ2n) is 4.77. The maximum Gasteiger partial charge on any atom is 0.320 e. The maximum atomic E-state index is 10.2. The Hall–Kier alpha value is -1.18. The van der Waals surface area contributed by atoms with Crippen molar-refractivity contribution < 1.29 is 45.3 Å². The zero-order valence-corrected chi connectivity index (χ0v) is 12.5. The van der Waals surface area contributed by atoms with E-state index in [0.29, 0.717) is 6.42 Å². The summed E-state index contributed by atoms with van der Waals surface area (Å²) < 4.78 is 0. The molecule has 11 N–H and O–H groups in total. The largest absolute Gasteiger partial charge is 0.480 e. The Morgan fingerprint density at radius 3 is 1.91 bits per heavy atom. The molecule has 23 heavy (non-hydrogen) atoms. The van der Waals surface area contributed by atoms with Crippen LogP contribution in [-0.2, 0) is 9.59 Å². The SMILES string of the molecule is NCC(O)CCC(N)C(=O)O.O=CC(O)C(O)C(O)C(O)CO. The zero-order chi connectivity index (χ0) is 18.6. The molecule has 0 spiro atoms. The molecule has 0 aromatic rings. The van der Waals surface area contributed by atoms with Crippen molar-refractivity contribution in [2.45, 2.75) is 49.4 Å². The first-order chi connectivity index (χ1) is 10.6. The topological polar surface area (TPSA) is 228 Å². The summed E-state index contributed by atoms with van der Waals surface area (Å²) in [4.78, 5) is 20.1. The van der Waals surface area contributed by atoms with E-state index in [1.54, 1.807) is 0 Å². The Morgan fingerprint density at radius 1 is 1.04 bits per heavy atom. The van der Waals surface area contributed by atoms with E-state index >= 15 is 0 Å². The lowest BCUT2D eigenvalue weighted by Crippen LogP contribution is -2.46. The number of rotatable bonds is 10. The summed E-state index contributed by atoms with van der Waals surface area (Å²) in [7, 11) is 0. The van der Waals surface area contributed by atoms with E-state index in [1.807, 2.05) is 0 Å². The minimum Gasteiger partial charge on any atom is -0.480 e. The molecule has 0 heterocycles. The average Bonchev–Trinajstić information content (AvgIpc) is 2.56. The third-order valence-corrected chi connectivity index (χ3v) is 2.82. The van der Waals surface area contributed by atoms with Crippen molar-refractivity contribution in [2.75, 3.05) is 13.2 Å². The fourth-order valence-electron chi connectivity index (χ4n) is 1.23. The summed E-state index contributed by atoms with van der Waals surface area (Å²) in [6, 6.07) is -0.892. The van der Waals surface area contributed by atoms with Gasteiger partial charge in [-0.25, -0.2) is 0 Å². The average molecular weight is 342 g/mol. The van der Waals surface area contributed by atoms with Crippen LogP contribution in [0.3, 0.4) is 0 Å². The minimum absolute atomic E-state index is 0.0258. The highest BCUT2D eigenvalue weighted by atomic mass is 16.4. The van der Waals surface area contributed by atoms with Crippen LogP contribution >= 0.6 is 0 Å². The van der Waals surface area contributed by atoms with Crippen molar-refractivity contribution in [3.05, 3.63) is 0 Å². The van der Waals surface area contributed by atoms with Gasteiger partial charge in [0, 0.05) is 6.54 Å². The summed E-state index contributed by atoms with van der Waals surface area (Å²) in [6.45, 7) is -0.615. The lowest BCUT2D eigenvalue weighted by atomic mass is 10.0. The predicted molar refractivity (Wildman–Crippen MR) is 77.1 cm³/mol. The fourth-order valence-corrected chi connectivity index (χ4v) is 1.23. The van der Waals surface area contributed by atoms with Crippen LogP contribution in [0.2, 0.25) is 0 Å². The number of aliphatic hydroxyl groups excluding tert-OH is 6. The highest BCUT2D eigenvalue weighted by Crippen LogP contribution is 2.03. The first-order valence-electron chi connectivity index (χ1n) is 6.77. The predicted octanol–water partition coefficient (Wildman–Crippen LogP) is -4.88. The summed E-state index contributed by atoms with van der Waals surface area (Å²) in [5.74, 6) is -1.05. The second kappa shape index (κ2) is 13.3. The summed E-state index contributed by atoms with van der Waals surface area (Å²) in [6.07, 6.45) is -6.88. The Balaban J connectivity index is 0. The number of aliphatic carboxylic acids is 1. The van der Waals surface area contributed by atoms with Crippen molar-refractivity contribution in [1.82, 2.24) is 0 Å². The zero-order valence-electron chi connectivity index (χ0n) is 12.5. The standard InChI is InChI=1S/C6H14N2O3.C6H12O6/c7-3-4(9)1-2-5(8)6(10)11;7-1-3(9)5(11)6(12)4(10)2-8/h4-5,9H,1-3,7-8H2,(H,10,11);1,3-6,8-12H,2H2. The van der Waals surface area contributed by atoms with E-state index in [4.69, 9.17) is 47.2 Å². The van der Waals surface area contributed by atoms with E-state index in [9.17, 15) is 9.59 Å². The Morgan fingerprint density at radius 2 is 1.57 bits per heavy atom. The lowest BCUT2D eigenvalue weighted by Gasteiger charge is -2.22. The van der Waals surface area contributed by atoms with E-state index < -0.39 is 49.1 Å². The van der Waals surface area contributed by atoms with Gasteiger partial charge in [0.25, 0.3) is 0 Å². The molecule has 0 fully saturated rings. The molecule has 0 aliphatic carbocycles. The third-order valence-electron chi connectivity index (χ3n) is 2.82. The van der Waals surface area contributed by atoms with E-state index in [0.717, 1.165) is 0 Å². The molecule has 0 saturated carbocycles.